The standard InChI is InChI=1S/C14H11BrN4/c1-9-5-6-12-13(18-9)16-8-17-14(12)19-11-4-2-3-10(15)7-11/h2-8H,1H3,(H,16,17,18,19). The van der Waals surface area contributed by atoms with Crippen LogP contribution in [0.25, 0.3) is 11.0 Å². The Morgan fingerprint density at radius 2 is 2.00 bits per heavy atom. The lowest BCUT2D eigenvalue weighted by molar-refractivity contribution is 1.15. The minimum Gasteiger partial charge on any atom is -0.340 e. The Bertz CT molecular complexity index is 742. The number of fused-ring (bicyclic) bond motifs is 1. The van der Waals surface area contributed by atoms with Crippen LogP contribution < -0.4 is 5.32 Å². The van der Waals surface area contributed by atoms with Gasteiger partial charge in [-0.2, -0.15) is 0 Å². The molecular weight excluding hydrogens is 304 g/mol. The van der Waals surface area contributed by atoms with Crippen molar-refractivity contribution in [3.8, 4) is 0 Å². The van der Waals surface area contributed by atoms with Crippen LogP contribution in [0.2, 0.25) is 0 Å². The maximum atomic E-state index is 4.40. The van der Waals surface area contributed by atoms with Gasteiger partial charge in [-0.3, -0.25) is 0 Å². The third kappa shape index (κ3) is 2.56. The highest BCUT2D eigenvalue weighted by Gasteiger charge is 2.05. The zero-order valence-electron chi connectivity index (χ0n) is 10.3. The van der Waals surface area contributed by atoms with Crippen molar-refractivity contribution in [1.82, 2.24) is 15.0 Å². The van der Waals surface area contributed by atoms with Gasteiger partial charge in [-0.25, -0.2) is 15.0 Å². The van der Waals surface area contributed by atoms with E-state index in [0.29, 0.717) is 5.65 Å². The molecule has 2 heterocycles. The maximum absolute atomic E-state index is 4.40. The summed E-state index contributed by atoms with van der Waals surface area (Å²) >= 11 is 3.45. The van der Waals surface area contributed by atoms with E-state index in [9.17, 15) is 0 Å². The van der Waals surface area contributed by atoms with Crippen molar-refractivity contribution in [2.24, 2.45) is 0 Å². The molecule has 0 amide bonds. The van der Waals surface area contributed by atoms with E-state index in [1.54, 1.807) is 0 Å². The van der Waals surface area contributed by atoms with Gasteiger partial charge in [0.15, 0.2) is 5.65 Å². The minimum atomic E-state index is 0.701. The summed E-state index contributed by atoms with van der Waals surface area (Å²) < 4.78 is 1.02. The second-order valence-electron chi connectivity index (χ2n) is 4.18. The zero-order chi connectivity index (χ0) is 13.2. The van der Waals surface area contributed by atoms with Crippen molar-refractivity contribution in [3.63, 3.8) is 0 Å². The van der Waals surface area contributed by atoms with Gasteiger partial charge in [0.2, 0.25) is 0 Å². The summed E-state index contributed by atoms with van der Waals surface area (Å²) in [6.45, 7) is 1.95. The number of nitrogens with zero attached hydrogens (tertiary/aromatic N) is 3. The van der Waals surface area contributed by atoms with E-state index in [1.165, 1.54) is 6.33 Å². The minimum absolute atomic E-state index is 0.701. The zero-order valence-corrected chi connectivity index (χ0v) is 11.8. The first-order chi connectivity index (χ1) is 9.22. The summed E-state index contributed by atoms with van der Waals surface area (Å²) in [7, 11) is 0. The molecule has 0 saturated heterocycles. The lowest BCUT2D eigenvalue weighted by Gasteiger charge is -2.08. The fraction of sp³-hybridized carbons (Fsp3) is 0.0714. The second-order valence-corrected chi connectivity index (χ2v) is 5.10. The predicted octanol–water partition coefficient (Wildman–Crippen LogP) is 3.84. The normalized spacial score (nSPS) is 10.6. The molecule has 0 spiro atoms. The Kier molecular flexibility index (Phi) is 3.13. The molecule has 94 valence electrons. The van der Waals surface area contributed by atoms with E-state index >= 15 is 0 Å². The summed E-state index contributed by atoms with van der Waals surface area (Å²) in [4.78, 5) is 12.9. The lowest BCUT2D eigenvalue weighted by atomic mass is 10.2. The number of nitrogens with one attached hydrogen (secondary N) is 1. The third-order valence-electron chi connectivity index (χ3n) is 2.72. The van der Waals surface area contributed by atoms with Crippen LogP contribution >= 0.6 is 15.9 Å². The number of anilines is 2. The highest BCUT2D eigenvalue weighted by molar-refractivity contribution is 9.10. The first kappa shape index (κ1) is 12.0. The van der Waals surface area contributed by atoms with Crippen molar-refractivity contribution in [1.29, 1.82) is 0 Å². The molecule has 3 rings (SSSR count). The lowest BCUT2D eigenvalue weighted by Crippen LogP contribution is -1.97. The van der Waals surface area contributed by atoms with Crippen molar-refractivity contribution in [3.05, 3.63) is 52.9 Å². The molecule has 0 bridgehead atoms. The summed E-state index contributed by atoms with van der Waals surface area (Å²) in [6, 6.07) is 11.9. The molecular formula is C14H11BrN4. The van der Waals surface area contributed by atoms with Gasteiger partial charge in [-0.15, -0.1) is 0 Å². The van der Waals surface area contributed by atoms with Crippen LogP contribution in [0, 0.1) is 6.92 Å². The molecule has 1 N–H and O–H groups in total. The smallest absolute Gasteiger partial charge is 0.164 e. The quantitative estimate of drug-likeness (QED) is 0.780. The molecule has 0 radical (unpaired) electrons. The van der Waals surface area contributed by atoms with Crippen LogP contribution in [0.3, 0.4) is 0 Å². The molecule has 19 heavy (non-hydrogen) atoms. The van der Waals surface area contributed by atoms with Crippen molar-refractivity contribution in [2.75, 3.05) is 5.32 Å². The molecule has 2 aromatic heterocycles. The molecule has 0 unspecified atom stereocenters. The fourth-order valence-electron chi connectivity index (χ4n) is 1.84. The SMILES string of the molecule is Cc1ccc2c(Nc3cccc(Br)c3)ncnc2n1. The summed E-state index contributed by atoms with van der Waals surface area (Å²) in [6.07, 6.45) is 1.52. The number of benzene rings is 1. The van der Waals surface area contributed by atoms with E-state index in [2.05, 4.69) is 36.2 Å². The number of pyridine rings is 1. The van der Waals surface area contributed by atoms with Crippen LogP contribution in [0.4, 0.5) is 11.5 Å². The molecule has 4 nitrogen and oxygen atoms in total. The molecule has 0 aliphatic rings. The number of rotatable bonds is 2. The molecule has 5 heteroatoms. The van der Waals surface area contributed by atoms with Crippen molar-refractivity contribution >= 4 is 38.5 Å². The largest absolute Gasteiger partial charge is 0.340 e. The van der Waals surface area contributed by atoms with Crippen LogP contribution in [-0.4, -0.2) is 15.0 Å². The average Bonchev–Trinajstić information content (AvgIpc) is 2.38. The van der Waals surface area contributed by atoms with Crippen LogP contribution in [0.1, 0.15) is 5.69 Å². The van der Waals surface area contributed by atoms with Gasteiger partial charge in [0.05, 0.1) is 5.39 Å². The maximum Gasteiger partial charge on any atom is 0.164 e. The Hall–Kier alpha value is -2.01. The molecule has 1 aromatic carbocycles. The number of aryl methyl sites for hydroxylation is 1. The van der Waals surface area contributed by atoms with Gasteiger partial charge in [0.1, 0.15) is 12.1 Å². The average molecular weight is 315 g/mol. The topological polar surface area (TPSA) is 50.7 Å². The Morgan fingerprint density at radius 3 is 2.84 bits per heavy atom. The van der Waals surface area contributed by atoms with Crippen LogP contribution in [0.15, 0.2) is 47.2 Å². The fourth-order valence-corrected chi connectivity index (χ4v) is 2.24. The van der Waals surface area contributed by atoms with Crippen molar-refractivity contribution < 1.29 is 0 Å². The first-order valence-electron chi connectivity index (χ1n) is 5.83. The third-order valence-corrected chi connectivity index (χ3v) is 3.22. The summed E-state index contributed by atoms with van der Waals surface area (Å²) in [5.74, 6) is 0.760. The molecule has 0 aliphatic heterocycles. The number of aromatic nitrogens is 3. The molecule has 0 aliphatic carbocycles. The van der Waals surface area contributed by atoms with E-state index in [4.69, 9.17) is 0 Å². The highest BCUT2D eigenvalue weighted by Crippen LogP contribution is 2.23. The molecule has 0 fully saturated rings. The van der Waals surface area contributed by atoms with Crippen LogP contribution in [-0.2, 0) is 0 Å². The Balaban J connectivity index is 2.06. The van der Waals surface area contributed by atoms with E-state index in [-0.39, 0.29) is 0 Å². The highest BCUT2D eigenvalue weighted by atomic mass is 79.9. The second kappa shape index (κ2) is 4.93. The van der Waals surface area contributed by atoms with E-state index in [0.717, 1.165) is 27.1 Å². The van der Waals surface area contributed by atoms with E-state index in [1.807, 2.05) is 43.3 Å². The van der Waals surface area contributed by atoms with Gasteiger partial charge in [0.25, 0.3) is 0 Å². The Labute approximate surface area is 119 Å². The van der Waals surface area contributed by atoms with Crippen molar-refractivity contribution in [2.45, 2.75) is 6.92 Å². The molecule has 0 atom stereocenters. The monoisotopic (exact) mass is 314 g/mol. The van der Waals surface area contributed by atoms with Gasteiger partial charge in [0, 0.05) is 15.9 Å². The number of halogens is 1. The van der Waals surface area contributed by atoms with Gasteiger partial charge >= 0.3 is 0 Å². The van der Waals surface area contributed by atoms with Gasteiger partial charge in [-0.05, 0) is 37.3 Å². The molecule has 0 saturated carbocycles. The number of hydrogen-bond acceptors (Lipinski definition) is 4. The van der Waals surface area contributed by atoms with Gasteiger partial charge < -0.3 is 5.32 Å². The first-order valence-corrected chi connectivity index (χ1v) is 6.62. The van der Waals surface area contributed by atoms with Gasteiger partial charge in [-0.1, -0.05) is 22.0 Å². The molecule has 3 aromatic rings. The summed E-state index contributed by atoms with van der Waals surface area (Å²) in [5.41, 5.74) is 2.61. The van der Waals surface area contributed by atoms with E-state index < -0.39 is 0 Å². The predicted molar refractivity (Wildman–Crippen MR) is 79.5 cm³/mol. The number of hydrogen-bond donors (Lipinski definition) is 1. The van der Waals surface area contributed by atoms with Crippen LogP contribution in [0.5, 0.6) is 0 Å². The summed E-state index contributed by atoms with van der Waals surface area (Å²) in [5, 5.41) is 4.20. The Morgan fingerprint density at radius 1 is 1.11 bits per heavy atom.